The van der Waals surface area contributed by atoms with E-state index in [0.29, 0.717) is 11.8 Å². The summed E-state index contributed by atoms with van der Waals surface area (Å²) in [6.45, 7) is 5.28. The number of nitrogens with one attached hydrogen (secondary N) is 1. The number of aryl methyl sites for hydroxylation is 1. The van der Waals surface area contributed by atoms with Gasteiger partial charge in [-0.25, -0.2) is 8.42 Å². The van der Waals surface area contributed by atoms with Crippen molar-refractivity contribution in [3.63, 3.8) is 0 Å². The number of esters is 1. The molecule has 156 valence electrons. The summed E-state index contributed by atoms with van der Waals surface area (Å²) >= 11 is 0. The maximum absolute atomic E-state index is 12.5. The molecule has 0 spiro atoms. The number of amides is 1. The zero-order valence-electron chi connectivity index (χ0n) is 17.0. The van der Waals surface area contributed by atoms with E-state index in [1.54, 1.807) is 12.1 Å². The van der Waals surface area contributed by atoms with Crippen LogP contribution in [0.15, 0.2) is 29.2 Å². The molecule has 1 aliphatic rings. The van der Waals surface area contributed by atoms with Crippen molar-refractivity contribution in [2.45, 2.75) is 51.0 Å². The Labute approximate surface area is 167 Å². The number of carbonyl (C=O) groups excluding carboxylic acids is 2. The van der Waals surface area contributed by atoms with Crippen molar-refractivity contribution in [1.82, 2.24) is 9.62 Å². The molecule has 1 amide bonds. The minimum atomic E-state index is -3.79. The Morgan fingerprint density at radius 2 is 1.82 bits per heavy atom. The monoisotopic (exact) mass is 410 g/mol. The van der Waals surface area contributed by atoms with Crippen LogP contribution in [0.5, 0.6) is 0 Å². The van der Waals surface area contributed by atoms with E-state index in [1.165, 1.54) is 19.2 Å². The maximum Gasteiger partial charge on any atom is 0.321 e. The molecule has 1 aliphatic carbocycles. The fourth-order valence-electron chi connectivity index (χ4n) is 3.38. The summed E-state index contributed by atoms with van der Waals surface area (Å²) in [5.41, 5.74) is 0.939. The average molecular weight is 411 g/mol. The van der Waals surface area contributed by atoms with Gasteiger partial charge in [-0.05, 0) is 37.3 Å². The smallest absolute Gasteiger partial charge is 0.321 e. The molecule has 28 heavy (non-hydrogen) atoms. The number of rotatable bonds is 7. The van der Waals surface area contributed by atoms with Crippen molar-refractivity contribution < 1.29 is 22.7 Å². The molecule has 0 aliphatic heterocycles. The van der Waals surface area contributed by atoms with Crippen LogP contribution in [0.1, 0.15) is 38.7 Å². The van der Waals surface area contributed by atoms with Crippen LogP contribution in [-0.2, 0) is 24.3 Å². The van der Waals surface area contributed by atoms with E-state index in [2.05, 4.69) is 19.2 Å². The van der Waals surface area contributed by atoms with Gasteiger partial charge in [-0.1, -0.05) is 44.4 Å². The summed E-state index contributed by atoms with van der Waals surface area (Å²) in [6, 6.07) is 6.45. The fourth-order valence-corrected chi connectivity index (χ4v) is 4.50. The first kappa shape index (κ1) is 22.4. The minimum absolute atomic E-state index is 0.0829. The van der Waals surface area contributed by atoms with Gasteiger partial charge in [0.25, 0.3) is 5.91 Å². The Hall–Kier alpha value is -1.93. The lowest BCUT2D eigenvalue weighted by Crippen LogP contribution is -2.45. The van der Waals surface area contributed by atoms with Crippen LogP contribution in [0.25, 0.3) is 0 Å². The molecule has 0 bridgehead atoms. The summed E-state index contributed by atoms with van der Waals surface area (Å²) in [7, 11) is -2.49. The van der Waals surface area contributed by atoms with E-state index < -0.39 is 29.1 Å². The highest BCUT2D eigenvalue weighted by Crippen LogP contribution is 2.29. The fraction of sp³-hybridized carbons (Fsp3) is 0.600. The first-order valence-electron chi connectivity index (χ1n) is 9.59. The van der Waals surface area contributed by atoms with E-state index in [4.69, 9.17) is 4.74 Å². The number of sulfonamides is 1. The Morgan fingerprint density at radius 3 is 2.46 bits per heavy atom. The molecule has 1 saturated carbocycles. The quantitative estimate of drug-likeness (QED) is 0.695. The number of likely N-dealkylation sites (N-methyl/N-ethyl adjacent to an activating group) is 1. The van der Waals surface area contributed by atoms with E-state index in [-0.39, 0.29) is 16.8 Å². The summed E-state index contributed by atoms with van der Waals surface area (Å²) < 4.78 is 30.9. The topological polar surface area (TPSA) is 92.8 Å². The lowest BCUT2D eigenvalue weighted by Gasteiger charge is -2.34. The Bertz CT molecular complexity index is 791. The number of nitrogens with zero attached hydrogens (tertiary/aromatic N) is 1. The summed E-state index contributed by atoms with van der Waals surface area (Å²) in [5, 5.41) is 2.92. The van der Waals surface area contributed by atoms with Gasteiger partial charge in [-0.3, -0.25) is 9.59 Å². The molecule has 1 aromatic carbocycles. The van der Waals surface area contributed by atoms with Crippen LogP contribution in [0.2, 0.25) is 0 Å². The minimum Gasteiger partial charge on any atom is -0.455 e. The Kier molecular flexibility index (Phi) is 7.60. The van der Waals surface area contributed by atoms with Gasteiger partial charge in [0.1, 0.15) is 6.54 Å². The molecule has 8 heteroatoms. The third-order valence-corrected chi connectivity index (χ3v) is 7.32. The molecule has 1 N–H and O–H groups in total. The van der Waals surface area contributed by atoms with Crippen LogP contribution >= 0.6 is 0 Å². The van der Waals surface area contributed by atoms with Crippen LogP contribution in [0.3, 0.4) is 0 Å². The van der Waals surface area contributed by atoms with E-state index in [9.17, 15) is 18.0 Å². The van der Waals surface area contributed by atoms with Crippen molar-refractivity contribution >= 4 is 21.9 Å². The SMILES string of the molecule is Cc1ccc(S(=O)(=O)N(C)CC(=O)OCC(=O)N[C@@H]2CCC[C@H](C)[C@@H]2C)cc1. The molecule has 0 radical (unpaired) electrons. The second-order valence-corrected chi connectivity index (χ2v) is 9.72. The molecule has 0 unspecified atom stereocenters. The molecule has 7 nitrogen and oxygen atoms in total. The molecule has 1 fully saturated rings. The van der Waals surface area contributed by atoms with Gasteiger partial charge in [-0.15, -0.1) is 0 Å². The lowest BCUT2D eigenvalue weighted by atomic mass is 9.78. The summed E-state index contributed by atoms with van der Waals surface area (Å²) in [4.78, 5) is 24.2. The van der Waals surface area contributed by atoms with Crippen LogP contribution in [0, 0.1) is 18.8 Å². The highest BCUT2D eigenvalue weighted by atomic mass is 32.2. The van der Waals surface area contributed by atoms with Gasteiger partial charge in [0.2, 0.25) is 10.0 Å². The second-order valence-electron chi connectivity index (χ2n) is 7.68. The first-order valence-corrected chi connectivity index (χ1v) is 11.0. The number of ether oxygens (including phenoxy) is 1. The number of benzene rings is 1. The van der Waals surface area contributed by atoms with Crippen molar-refractivity contribution in [3.8, 4) is 0 Å². The van der Waals surface area contributed by atoms with E-state index in [0.717, 1.165) is 29.1 Å². The normalized spacial score (nSPS) is 22.7. The Balaban J connectivity index is 1.82. The number of carbonyl (C=O) groups is 2. The van der Waals surface area contributed by atoms with Crippen molar-refractivity contribution in [1.29, 1.82) is 0 Å². The molecule has 3 atom stereocenters. The molecule has 1 aromatic rings. The van der Waals surface area contributed by atoms with Crippen molar-refractivity contribution in [2.75, 3.05) is 20.2 Å². The van der Waals surface area contributed by atoms with Gasteiger partial charge in [0, 0.05) is 13.1 Å². The molecule has 0 aromatic heterocycles. The van der Waals surface area contributed by atoms with Gasteiger partial charge in [-0.2, -0.15) is 4.31 Å². The van der Waals surface area contributed by atoms with Gasteiger partial charge < -0.3 is 10.1 Å². The first-order chi connectivity index (χ1) is 13.1. The highest BCUT2D eigenvalue weighted by molar-refractivity contribution is 7.89. The Morgan fingerprint density at radius 1 is 1.18 bits per heavy atom. The molecular formula is C20H30N2O5S. The van der Waals surface area contributed by atoms with Crippen LogP contribution < -0.4 is 5.32 Å². The molecule has 0 heterocycles. The van der Waals surface area contributed by atoms with Gasteiger partial charge in [0.05, 0.1) is 4.90 Å². The largest absolute Gasteiger partial charge is 0.455 e. The third-order valence-electron chi connectivity index (χ3n) is 5.50. The van der Waals surface area contributed by atoms with E-state index >= 15 is 0 Å². The highest BCUT2D eigenvalue weighted by Gasteiger charge is 2.28. The summed E-state index contributed by atoms with van der Waals surface area (Å²) in [6.07, 6.45) is 3.14. The summed E-state index contributed by atoms with van der Waals surface area (Å²) in [5.74, 6) is -0.205. The molecule has 0 saturated heterocycles. The zero-order chi connectivity index (χ0) is 20.9. The predicted molar refractivity (Wildman–Crippen MR) is 106 cm³/mol. The maximum atomic E-state index is 12.5. The number of hydrogen-bond acceptors (Lipinski definition) is 5. The average Bonchev–Trinajstić information content (AvgIpc) is 2.64. The van der Waals surface area contributed by atoms with Gasteiger partial charge in [0.15, 0.2) is 6.61 Å². The second kappa shape index (κ2) is 9.52. The van der Waals surface area contributed by atoms with Crippen LogP contribution in [0.4, 0.5) is 0 Å². The molecular weight excluding hydrogens is 380 g/mol. The number of hydrogen-bond donors (Lipinski definition) is 1. The predicted octanol–water partition coefficient (Wildman–Crippen LogP) is 2.10. The lowest BCUT2D eigenvalue weighted by molar-refractivity contribution is -0.148. The zero-order valence-corrected chi connectivity index (χ0v) is 17.8. The third kappa shape index (κ3) is 5.78. The van der Waals surface area contributed by atoms with Crippen LogP contribution in [-0.4, -0.2) is 50.8 Å². The molecule has 2 rings (SSSR count). The van der Waals surface area contributed by atoms with Crippen molar-refractivity contribution in [2.24, 2.45) is 11.8 Å². The standard InChI is InChI=1S/C20H30N2O5S/c1-14-8-10-17(11-9-14)28(25,26)22(4)12-20(24)27-13-19(23)21-18-7-5-6-15(2)16(18)3/h8-11,15-16,18H,5-7,12-13H2,1-4H3,(H,21,23)/t15-,16-,18+/m0/s1. The van der Waals surface area contributed by atoms with E-state index in [1.807, 2.05) is 6.92 Å². The van der Waals surface area contributed by atoms with Gasteiger partial charge >= 0.3 is 5.97 Å². The van der Waals surface area contributed by atoms with Crippen molar-refractivity contribution in [3.05, 3.63) is 29.8 Å².